The SMILES string of the molecule is C=C[C@@]12CCC([C@H](C)CC[C@@H](O[C@H]3C[C@@H](O)C[C@@H](CO)O3)C(C)(C)O)[C@@]1(C)CC[C@@]1(C)C3CC[C@H](O[C@H]4C[C@@H](O)C[C@@H](CO)O4)C(C)(C)C3=CCC12. The fourth-order valence-corrected chi connectivity index (χ4v) is 12.8. The van der Waals surface area contributed by atoms with Crippen LogP contribution in [0.25, 0.3) is 0 Å². The molecule has 0 aromatic carbocycles. The van der Waals surface area contributed by atoms with Crippen molar-refractivity contribution in [2.24, 2.45) is 45.3 Å². The largest absolute Gasteiger partial charge is 0.394 e. The van der Waals surface area contributed by atoms with Gasteiger partial charge in [0.25, 0.3) is 0 Å². The highest BCUT2D eigenvalue weighted by molar-refractivity contribution is 5.32. The lowest BCUT2D eigenvalue weighted by atomic mass is 9.38. The van der Waals surface area contributed by atoms with Crippen LogP contribution in [0.1, 0.15) is 132 Å². The molecule has 5 fully saturated rings. The van der Waals surface area contributed by atoms with Gasteiger partial charge >= 0.3 is 0 Å². The van der Waals surface area contributed by atoms with Gasteiger partial charge in [-0.2, -0.15) is 0 Å². The van der Waals surface area contributed by atoms with E-state index in [0.717, 1.165) is 32.1 Å². The van der Waals surface area contributed by atoms with Crippen LogP contribution in [0, 0.1) is 45.3 Å². The molecule has 4 aliphatic carbocycles. The van der Waals surface area contributed by atoms with Crippen molar-refractivity contribution >= 4 is 0 Å². The number of allylic oxidation sites excluding steroid dienone is 2. The van der Waals surface area contributed by atoms with E-state index in [4.69, 9.17) is 18.9 Å². The summed E-state index contributed by atoms with van der Waals surface area (Å²) in [6, 6.07) is 0. The van der Waals surface area contributed by atoms with Crippen LogP contribution in [-0.4, -0.2) is 93.6 Å². The molecule has 15 atom stereocenters. The maximum atomic E-state index is 11.2. The summed E-state index contributed by atoms with van der Waals surface area (Å²) in [5.41, 5.74) is 0.618. The monoisotopic (exact) mass is 733 g/mol. The molecule has 2 heterocycles. The Hall–Kier alpha value is -0.880. The van der Waals surface area contributed by atoms with Gasteiger partial charge in [0, 0.05) is 31.1 Å². The van der Waals surface area contributed by atoms with Crippen LogP contribution in [0.5, 0.6) is 0 Å². The zero-order valence-electron chi connectivity index (χ0n) is 33.3. The molecular formula is C43H72O9. The third-order valence-electron chi connectivity index (χ3n) is 15.8. The first-order valence-corrected chi connectivity index (χ1v) is 20.7. The normalized spacial score (nSPS) is 46.0. The highest BCUT2D eigenvalue weighted by Crippen LogP contribution is 2.75. The molecule has 3 unspecified atom stereocenters. The summed E-state index contributed by atoms with van der Waals surface area (Å²) < 4.78 is 25.0. The maximum Gasteiger partial charge on any atom is 0.161 e. The number of aliphatic hydroxyl groups excluding tert-OH is 4. The van der Waals surface area contributed by atoms with Crippen molar-refractivity contribution in [1.29, 1.82) is 0 Å². The van der Waals surface area contributed by atoms with Gasteiger partial charge in [0.2, 0.25) is 0 Å². The molecular weight excluding hydrogens is 660 g/mol. The second kappa shape index (κ2) is 15.2. The Morgan fingerprint density at radius 2 is 1.54 bits per heavy atom. The van der Waals surface area contributed by atoms with Crippen LogP contribution in [0.3, 0.4) is 0 Å². The standard InChI is InChI=1S/C43H72O9/c1-9-43-17-16-31(26(2)10-14-36(40(5,6)48)52-38-23-28(47)21-30(25-45)50-38)42(43,8)19-18-41(7)33-12-15-35(39(3,4)32(33)11-13-34(41)43)51-37-22-27(46)20-29(24-44)49-37/h9,11,26-31,33-38,44-48H,1,10,12-25H2,2-8H3/t26-,27+,28+,29+,30+,31?,33?,34?,35+,36-,37+,38+,41+,42-,43+/m1/s1. The van der Waals surface area contributed by atoms with Crippen molar-refractivity contribution in [3.8, 4) is 0 Å². The van der Waals surface area contributed by atoms with Crippen LogP contribution in [0.2, 0.25) is 0 Å². The van der Waals surface area contributed by atoms with E-state index in [1.807, 2.05) is 0 Å². The minimum atomic E-state index is -1.08. The van der Waals surface area contributed by atoms with Gasteiger partial charge in [-0.25, -0.2) is 0 Å². The third kappa shape index (κ3) is 7.27. The van der Waals surface area contributed by atoms with Crippen molar-refractivity contribution in [1.82, 2.24) is 0 Å². The molecule has 0 amide bonds. The van der Waals surface area contributed by atoms with Crippen LogP contribution in [0.4, 0.5) is 0 Å². The van der Waals surface area contributed by atoms with E-state index < -0.39 is 42.6 Å². The minimum Gasteiger partial charge on any atom is -0.394 e. The van der Waals surface area contributed by atoms with Crippen LogP contribution in [-0.2, 0) is 18.9 Å². The van der Waals surface area contributed by atoms with E-state index in [1.54, 1.807) is 13.8 Å². The van der Waals surface area contributed by atoms with E-state index in [1.165, 1.54) is 24.8 Å². The van der Waals surface area contributed by atoms with Crippen LogP contribution < -0.4 is 0 Å². The Kier molecular flexibility index (Phi) is 11.9. The zero-order valence-corrected chi connectivity index (χ0v) is 33.3. The molecule has 0 aromatic heterocycles. The maximum absolute atomic E-state index is 11.2. The molecule has 0 bridgehead atoms. The number of aliphatic hydroxyl groups is 5. The number of ether oxygens (including phenoxy) is 4. The van der Waals surface area contributed by atoms with Gasteiger partial charge in [-0.1, -0.05) is 52.3 Å². The molecule has 0 spiro atoms. The zero-order chi connectivity index (χ0) is 37.9. The molecule has 2 aliphatic heterocycles. The van der Waals surface area contributed by atoms with Crippen molar-refractivity contribution in [3.63, 3.8) is 0 Å². The average Bonchev–Trinajstić information content (AvgIpc) is 3.39. The number of fused-ring (bicyclic) bond motifs is 5. The summed E-state index contributed by atoms with van der Waals surface area (Å²) >= 11 is 0. The van der Waals surface area contributed by atoms with Crippen molar-refractivity contribution in [3.05, 3.63) is 24.3 Å². The summed E-state index contributed by atoms with van der Waals surface area (Å²) in [6.07, 6.45) is 12.4. The summed E-state index contributed by atoms with van der Waals surface area (Å²) in [7, 11) is 0. The number of hydrogen-bond acceptors (Lipinski definition) is 9. The Labute approximate surface area is 313 Å². The van der Waals surface area contributed by atoms with Gasteiger partial charge in [-0.15, -0.1) is 6.58 Å². The highest BCUT2D eigenvalue weighted by Gasteiger charge is 2.68. The first-order chi connectivity index (χ1) is 24.4. The van der Waals surface area contributed by atoms with E-state index in [9.17, 15) is 25.5 Å². The minimum absolute atomic E-state index is 0.00808. The number of rotatable bonds is 12. The van der Waals surface area contributed by atoms with E-state index in [2.05, 4.69) is 53.3 Å². The van der Waals surface area contributed by atoms with E-state index in [0.29, 0.717) is 55.8 Å². The highest BCUT2D eigenvalue weighted by atomic mass is 16.7. The van der Waals surface area contributed by atoms with Crippen molar-refractivity contribution < 1.29 is 44.5 Å². The van der Waals surface area contributed by atoms with E-state index in [-0.39, 0.29) is 47.1 Å². The lowest BCUT2D eigenvalue weighted by Gasteiger charge is -2.66. The molecule has 6 rings (SSSR count). The lowest BCUT2D eigenvalue weighted by molar-refractivity contribution is -0.261. The fourth-order valence-electron chi connectivity index (χ4n) is 12.8. The molecule has 298 valence electrons. The predicted octanol–water partition coefficient (Wildman–Crippen LogP) is 6.43. The molecule has 0 aromatic rings. The van der Waals surface area contributed by atoms with Gasteiger partial charge in [-0.3, -0.25) is 0 Å². The quantitative estimate of drug-likeness (QED) is 0.144. The van der Waals surface area contributed by atoms with Crippen molar-refractivity contribution in [2.75, 3.05) is 13.2 Å². The third-order valence-corrected chi connectivity index (χ3v) is 15.8. The molecule has 5 N–H and O–H groups in total. The molecule has 52 heavy (non-hydrogen) atoms. The summed E-state index contributed by atoms with van der Waals surface area (Å²) in [5.74, 6) is 1.96. The lowest BCUT2D eigenvalue weighted by Crippen LogP contribution is -2.59. The van der Waals surface area contributed by atoms with Gasteiger partial charge in [0.1, 0.15) is 0 Å². The number of hydrogen-bond donors (Lipinski definition) is 5. The summed E-state index contributed by atoms with van der Waals surface area (Å²) in [6.45, 7) is 20.1. The molecule has 3 saturated carbocycles. The fraction of sp³-hybridized carbons (Fsp3) is 0.907. The molecule has 9 nitrogen and oxygen atoms in total. The molecule has 0 radical (unpaired) electrons. The van der Waals surface area contributed by atoms with Crippen LogP contribution >= 0.6 is 0 Å². The Morgan fingerprint density at radius 1 is 0.904 bits per heavy atom. The Balaban J connectivity index is 1.16. The molecule has 6 aliphatic rings. The second-order valence-corrected chi connectivity index (χ2v) is 19.6. The Bertz CT molecular complexity index is 1280. The van der Waals surface area contributed by atoms with Gasteiger partial charge in [0.05, 0.1) is 55.4 Å². The second-order valence-electron chi connectivity index (χ2n) is 19.6. The average molecular weight is 733 g/mol. The smallest absolute Gasteiger partial charge is 0.161 e. The summed E-state index contributed by atoms with van der Waals surface area (Å²) in [4.78, 5) is 0. The van der Waals surface area contributed by atoms with Crippen molar-refractivity contribution in [2.45, 2.75) is 187 Å². The Morgan fingerprint density at radius 3 is 2.15 bits per heavy atom. The van der Waals surface area contributed by atoms with Gasteiger partial charge in [0.15, 0.2) is 12.6 Å². The van der Waals surface area contributed by atoms with Gasteiger partial charge < -0.3 is 44.5 Å². The van der Waals surface area contributed by atoms with Gasteiger partial charge in [-0.05, 0) is 112 Å². The topological polar surface area (TPSA) is 138 Å². The predicted molar refractivity (Wildman–Crippen MR) is 200 cm³/mol. The molecule has 9 heteroatoms. The first kappa shape index (κ1) is 40.8. The summed E-state index contributed by atoms with van der Waals surface area (Å²) in [5, 5.41) is 51.3. The first-order valence-electron chi connectivity index (χ1n) is 20.7. The molecule has 2 saturated heterocycles. The van der Waals surface area contributed by atoms with E-state index >= 15 is 0 Å². The van der Waals surface area contributed by atoms with Crippen LogP contribution in [0.15, 0.2) is 24.3 Å².